The van der Waals surface area contributed by atoms with Gasteiger partial charge in [0, 0.05) is 12.3 Å². The topological polar surface area (TPSA) is 81.9 Å². The lowest BCUT2D eigenvalue weighted by Gasteiger charge is -2.10. The lowest BCUT2D eigenvalue weighted by atomic mass is 10.2. The van der Waals surface area contributed by atoms with Crippen molar-refractivity contribution in [3.05, 3.63) is 29.8 Å². The summed E-state index contributed by atoms with van der Waals surface area (Å²) in [6.07, 6.45) is 2.27. The average Bonchev–Trinajstić information content (AvgIpc) is 3.20. The summed E-state index contributed by atoms with van der Waals surface area (Å²) in [6, 6.07) is 7.70. The smallest absolute Gasteiger partial charge is 0.234 e. The highest BCUT2D eigenvalue weighted by Gasteiger charge is 2.19. The normalized spacial score (nSPS) is 17.3. The molecule has 2 aromatic rings. The van der Waals surface area contributed by atoms with Gasteiger partial charge in [0.2, 0.25) is 11.1 Å². The Morgan fingerprint density at radius 2 is 2.35 bits per heavy atom. The Kier molecular flexibility index (Phi) is 5.24. The molecule has 1 amide bonds. The highest BCUT2D eigenvalue weighted by atomic mass is 32.2. The van der Waals surface area contributed by atoms with Crippen LogP contribution in [0.4, 0.5) is 5.69 Å². The molecule has 1 aromatic heterocycles. The van der Waals surface area contributed by atoms with Crippen LogP contribution in [0.15, 0.2) is 29.4 Å². The van der Waals surface area contributed by atoms with E-state index in [0.717, 1.165) is 30.7 Å². The van der Waals surface area contributed by atoms with E-state index in [1.165, 1.54) is 11.8 Å². The molecule has 0 spiro atoms. The minimum Gasteiger partial charge on any atom is -0.376 e. The first-order valence-corrected chi connectivity index (χ1v) is 8.57. The van der Waals surface area contributed by atoms with Crippen LogP contribution < -0.4 is 5.32 Å². The molecule has 7 nitrogen and oxygen atoms in total. The zero-order valence-corrected chi connectivity index (χ0v) is 13.8. The van der Waals surface area contributed by atoms with Gasteiger partial charge in [-0.05, 0) is 41.8 Å². The summed E-state index contributed by atoms with van der Waals surface area (Å²) >= 11 is 1.33. The van der Waals surface area contributed by atoms with Crippen LogP contribution in [0.2, 0.25) is 0 Å². The third-order valence-electron chi connectivity index (χ3n) is 3.65. The number of tetrazole rings is 1. The first-order chi connectivity index (χ1) is 11.2. The number of anilines is 1. The molecule has 1 aliphatic rings. The van der Waals surface area contributed by atoms with Gasteiger partial charge in [-0.1, -0.05) is 30.0 Å². The van der Waals surface area contributed by atoms with Gasteiger partial charge in [0.25, 0.3) is 0 Å². The lowest BCUT2D eigenvalue weighted by molar-refractivity contribution is -0.113. The van der Waals surface area contributed by atoms with Gasteiger partial charge in [-0.15, -0.1) is 5.10 Å². The molecule has 0 aliphatic carbocycles. The minimum atomic E-state index is -0.0732. The van der Waals surface area contributed by atoms with E-state index in [9.17, 15) is 4.79 Å². The number of hydrogen-bond acceptors (Lipinski definition) is 6. The number of amides is 1. The van der Waals surface area contributed by atoms with Crippen LogP contribution in [-0.2, 0) is 16.1 Å². The first-order valence-electron chi connectivity index (χ1n) is 7.58. The van der Waals surface area contributed by atoms with Crippen molar-refractivity contribution in [1.29, 1.82) is 0 Å². The van der Waals surface area contributed by atoms with Crippen LogP contribution in [0.3, 0.4) is 0 Å². The van der Waals surface area contributed by atoms with E-state index in [2.05, 4.69) is 20.8 Å². The third-order valence-corrected chi connectivity index (χ3v) is 4.61. The van der Waals surface area contributed by atoms with E-state index in [4.69, 9.17) is 4.74 Å². The van der Waals surface area contributed by atoms with Crippen LogP contribution in [0.25, 0.3) is 0 Å². The number of carbonyl (C=O) groups is 1. The van der Waals surface area contributed by atoms with E-state index in [1.807, 2.05) is 31.2 Å². The Labute approximate surface area is 138 Å². The summed E-state index contributed by atoms with van der Waals surface area (Å²) in [4.78, 5) is 12.1. The number of benzene rings is 1. The molecular formula is C15H19N5O2S. The fourth-order valence-electron chi connectivity index (χ4n) is 2.43. The maximum absolute atomic E-state index is 12.1. The number of aromatic nitrogens is 4. The molecule has 1 N–H and O–H groups in total. The summed E-state index contributed by atoms with van der Waals surface area (Å²) in [7, 11) is 0. The van der Waals surface area contributed by atoms with Crippen molar-refractivity contribution < 1.29 is 9.53 Å². The van der Waals surface area contributed by atoms with Gasteiger partial charge in [-0.2, -0.15) is 0 Å². The van der Waals surface area contributed by atoms with Crippen molar-refractivity contribution in [2.24, 2.45) is 0 Å². The Morgan fingerprint density at radius 1 is 1.48 bits per heavy atom. The van der Waals surface area contributed by atoms with E-state index < -0.39 is 0 Å². The average molecular weight is 333 g/mol. The summed E-state index contributed by atoms with van der Waals surface area (Å²) in [6.45, 7) is 3.40. The van der Waals surface area contributed by atoms with E-state index >= 15 is 0 Å². The van der Waals surface area contributed by atoms with Crippen LogP contribution in [0.5, 0.6) is 0 Å². The van der Waals surface area contributed by atoms with Crippen LogP contribution in [0.1, 0.15) is 18.4 Å². The van der Waals surface area contributed by atoms with Gasteiger partial charge in [0.1, 0.15) is 0 Å². The predicted octanol–water partition coefficient (Wildman–Crippen LogP) is 1.89. The molecule has 0 bridgehead atoms. The van der Waals surface area contributed by atoms with Crippen LogP contribution in [0, 0.1) is 6.92 Å². The van der Waals surface area contributed by atoms with Gasteiger partial charge >= 0.3 is 0 Å². The monoisotopic (exact) mass is 333 g/mol. The number of nitrogens with zero attached hydrogens (tertiary/aromatic N) is 4. The summed E-state index contributed by atoms with van der Waals surface area (Å²) < 4.78 is 7.30. The van der Waals surface area contributed by atoms with Crippen LogP contribution >= 0.6 is 11.8 Å². The quantitative estimate of drug-likeness (QED) is 0.813. The predicted molar refractivity (Wildman–Crippen MR) is 87.3 cm³/mol. The molecule has 2 heterocycles. The number of aryl methyl sites for hydroxylation is 1. The SMILES string of the molecule is Cc1ccccc1NC(=O)CSc1nnnn1CC1CCCO1. The number of rotatable bonds is 6. The number of thioether (sulfide) groups is 1. The number of para-hydroxylation sites is 1. The zero-order chi connectivity index (χ0) is 16.1. The molecular weight excluding hydrogens is 314 g/mol. The Balaban J connectivity index is 1.53. The molecule has 122 valence electrons. The molecule has 1 atom stereocenters. The summed E-state index contributed by atoms with van der Waals surface area (Å²) in [5.74, 6) is 0.191. The van der Waals surface area contributed by atoms with Crippen molar-refractivity contribution in [3.8, 4) is 0 Å². The highest BCUT2D eigenvalue weighted by molar-refractivity contribution is 7.99. The Bertz CT molecular complexity index is 669. The molecule has 23 heavy (non-hydrogen) atoms. The standard InChI is InChI=1S/C15H19N5O2S/c1-11-5-2-3-7-13(11)16-14(21)10-23-15-17-18-19-20(15)9-12-6-4-8-22-12/h2-3,5,7,12H,4,6,8-10H2,1H3,(H,16,21). The summed E-state index contributed by atoms with van der Waals surface area (Å²) in [5, 5.41) is 15.2. The fourth-order valence-corrected chi connectivity index (χ4v) is 3.11. The maximum atomic E-state index is 12.1. The second-order valence-electron chi connectivity index (χ2n) is 5.43. The van der Waals surface area contributed by atoms with Gasteiger partial charge in [0.05, 0.1) is 18.4 Å². The van der Waals surface area contributed by atoms with Crippen molar-refractivity contribution in [2.45, 2.75) is 37.6 Å². The highest BCUT2D eigenvalue weighted by Crippen LogP contribution is 2.19. The number of nitrogens with one attached hydrogen (secondary N) is 1. The van der Waals surface area contributed by atoms with E-state index in [1.54, 1.807) is 4.68 Å². The molecule has 0 saturated carbocycles. The second kappa shape index (κ2) is 7.56. The minimum absolute atomic E-state index is 0.0732. The largest absolute Gasteiger partial charge is 0.376 e. The van der Waals surface area contributed by atoms with Crippen molar-refractivity contribution in [1.82, 2.24) is 20.2 Å². The third kappa shape index (κ3) is 4.29. The zero-order valence-electron chi connectivity index (χ0n) is 12.9. The maximum Gasteiger partial charge on any atom is 0.234 e. The van der Waals surface area contributed by atoms with Crippen molar-refractivity contribution in [2.75, 3.05) is 17.7 Å². The van der Waals surface area contributed by atoms with Gasteiger partial charge in [0.15, 0.2) is 0 Å². The molecule has 8 heteroatoms. The molecule has 0 radical (unpaired) electrons. The molecule has 1 unspecified atom stereocenters. The molecule has 1 fully saturated rings. The van der Waals surface area contributed by atoms with Gasteiger partial charge in [-0.3, -0.25) is 4.79 Å². The van der Waals surface area contributed by atoms with Crippen LogP contribution in [-0.4, -0.2) is 44.6 Å². The number of ether oxygens (including phenoxy) is 1. The van der Waals surface area contributed by atoms with Gasteiger partial charge in [-0.25, -0.2) is 4.68 Å². The van der Waals surface area contributed by atoms with Gasteiger partial charge < -0.3 is 10.1 Å². The Hall–Kier alpha value is -1.93. The molecule has 1 aliphatic heterocycles. The lowest BCUT2D eigenvalue weighted by Crippen LogP contribution is -2.18. The first kappa shape index (κ1) is 15.9. The Morgan fingerprint density at radius 3 is 3.13 bits per heavy atom. The van der Waals surface area contributed by atoms with E-state index in [-0.39, 0.29) is 17.8 Å². The van der Waals surface area contributed by atoms with E-state index in [0.29, 0.717) is 11.7 Å². The van der Waals surface area contributed by atoms with Crippen molar-refractivity contribution in [3.63, 3.8) is 0 Å². The summed E-state index contributed by atoms with van der Waals surface area (Å²) in [5.41, 5.74) is 1.87. The molecule has 1 aromatic carbocycles. The second-order valence-corrected chi connectivity index (χ2v) is 6.37. The molecule has 1 saturated heterocycles. The molecule has 3 rings (SSSR count). The number of hydrogen-bond donors (Lipinski definition) is 1. The number of carbonyl (C=O) groups excluding carboxylic acids is 1. The van der Waals surface area contributed by atoms with Crippen molar-refractivity contribution >= 4 is 23.4 Å². The fraction of sp³-hybridized carbons (Fsp3) is 0.467.